The molecule has 1 amide bonds. The van der Waals surface area contributed by atoms with Crippen LogP contribution in [-0.2, 0) is 4.79 Å². The topological polar surface area (TPSA) is 75.4 Å². The molecule has 2 fully saturated rings. The number of rotatable bonds is 7. The molecule has 150 valence electrons. The maximum atomic E-state index is 12.7. The fraction of sp³-hybridized carbons (Fsp3) is 0.600. The molecule has 7 nitrogen and oxygen atoms in total. The van der Waals surface area contributed by atoms with Crippen molar-refractivity contribution in [3.8, 4) is 11.4 Å². The van der Waals surface area contributed by atoms with Gasteiger partial charge < -0.3 is 9.42 Å². The van der Waals surface area contributed by atoms with Gasteiger partial charge in [0, 0.05) is 44.8 Å². The molecule has 8 heteroatoms. The number of hydrogen-bond acceptors (Lipinski definition) is 7. The Kier molecular flexibility index (Phi) is 5.96. The monoisotopic (exact) mass is 401 g/mol. The number of thioether (sulfide) groups is 1. The molecule has 3 heterocycles. The van der Waals surface area contributed by atoms with Crippen LogP contribution < -0.4 is 0 Å². The lowest BCUT2D eigenvalue weighted by Crippen LogP contribution is -2.50. The van der Waals surface area contributed by atoms with E-state index in [2.05, 4.69) is 33.9 Å². The third kappa shape index (κ3) is 4.72. The standard InChI is InChI=1S/C20H27N5O2S/c1-14(2)12-24-8-10-25(11-9-24)17(26)13-28-20-16(4-3-7-21-20)18-22-19(27-23-18)15-5-6-15/h3-4,7,14-15H,5-6,8-13H2,1-2H3. The second-order valence-corrected chi connectivity index (χ2v) is 8.91. The second kappa shape index (κ2) is 8.61. The lowest BCUT2D eigenvalue weighted by Gasteiger charge is -2.35. The molecule has 2 aromatic rings. The fourth-order valence-corrected chi connectivity index (χ4v) is 4.33. The zero-order valence-electron chi connectivity index (χ0n) is 16.5. The number of aromatic nitrogens is 3. The van der Waals surface area contributed by atoms with Crippen LogP contribution in [0.5, 0.6) is 0 Å². The molecular weight excluding hydrogens is 374 g/mol. The number of pyridine rings is 1. The van der Waals surface area contributed by atoms with Crippen LogP contribution in [0.4, 0.5) is 0 Å². The van der Waals surface area contributed by atoms with Gasteiger partial charge in [-0.2, -0.15) is 4.98 Å². The Hall–Kier alpha value is -1.93. The molecule has 0 atom stereocenters. The lowest BCUT2D eigenvalue weighted by molar-refractivity contribution is -0.130. The lowest BCUT2D eigenvalue weighted by atomic mass is 10.2. The number of amides is 1. The molecular formula is C20H27N5O2S. The summed E-state index contributed by atoms with van der Waals surface area (Å²) in [5.74, 6) is 2.90. The van der Waals surface area contributed by atoms with E-state index in [0.717, 1.165) is 56.2 Å². The van der Waals surface area contributed by atoms with Crippen molar-refractivity contribution < 1.29 is 9.32 Å². The normalized spacial score (nSPS) is 18.0. The molecule has 4 rings (SSSR count). The van der Waals surface area contributed by atoms with Crippen molar-refractivity contribution in [1.29, 1.82) is 0 Å². The van der Waals surface area contributed by atoms with Crippen molar-refractivity contribution in [2.24, 2.45) is 5.92 Å². The summed E-state index contributed by atoms with van der Waals surface area (Å²) in [6.07, 6.45) is 3.98. The number of hydrogen-bond donors (Lipinski definition) is 0. The van der Waals surface area contributed by atoms with Crippen molar-refractivity contribution in [3.05, 3.63) is 24.2 Å². The minimum atomic E-state index is 0.164. The van der Waals surface area contributed by atoms with E-state index in [0.29, 0.717) is 29.3 Å². The van der Waals surface area contributed by atoms with Crippen LogP contribution in [0.2, 0.25) is 0 Å². The molecule has 1 saturated carbocycles. The van der Waals surface area contributed by atoms with E-state index in [9.17, 15) is 4.79 Å². The predicted octanol–water partition coefficient (Wildman–Crippen LogP) is 2.90. The Labute approximate surface area is 169 Å². The van der Waals surface area contributed by atoms with Crippen molar-refractivity contribution in [2.75, 3.05) is 38.5 Å². The van der Waals surface area contributed by atoms with Gasteiger partial charge in [-0.25, -0.2) is 4.98 Å². The molecule has 0 bridgehead atoms. The summed E-state index contributed by atoms with van der Waals surface area (Å²) in [5, 5.41) is 4.89. The predicted molar refractivity (Wildman–Crippen MR) is 108 cm³/mol. The van der Waals surface area contributed by atoms with Crippen LogP contribution in [0.15, 0.2) is 27.9 Å². The van der Waals surface area contributed by atoms with Gasteiger partial charge in [0.25, 0.3) is 0 Å². The summed E-state index contributed by atoms with van der Waals surface area (Å²) in [4.78, 5) is 26.0. The van der Waals surface area contributed by atoms with Crippen molar-refractivity contribution in [1.82, 2.24) is 24.9 Å². The van der Waals surface area contributed by atoms with Gasteiger partial charge in [0.2, 0.25) is 17.6 Å². The van der Waals surface area contributed by atoms with Gasteiger partial charge in [0.1, 0.15) is 5.03 Å². The summed E-state index contributed by atoms with van der Waals surface area (Å²) in [6.45, 7) is 9.08. The third-order valence-electron chi connectivity index (χ3n) is 5.06. The highest BCUT2D eigenvalue weighted by Gasteiger charge is 2.30. The van der Waals surface area contributed by atoms with Gasteiger partial charge in [-0.05, 0) is 30.9 Å². The third-order valence-corrected chi connectivity index (χ3v) is 6.05. The Balaban J connectivity index is 1.34. The number of piperazine rings is 1. The molecule has 2 aliphatic rings. The van der Waals surface area contributed by atoms with Crippen LogP contribution in [0, 0.1) is 5.92 Å². The van der Waals surface area contributed by atoms with Crippen LogP contribution in [-0.4, -0.2) is 69.3 Å². The Morgan fingerprint density at radius 3 is 2.79 bits per heavy atom. The Morgan fingerprint density at radius 2 is 2.07 bits per heavy atom. The highest BCUT2D eigenvalue weighted by molar-refractivity contribution is 8.00. The van der Waals surface area contributed by atoms with Gasteiger partial charge in [-0.15, -0.1) is 0 Å². The van der Waals surface area contributed by atoms with Gasteiger partial charge in [0.15, 0.2) is 0 Å². The average Bonchev–Trinajstić information content (AvgIpc) is 3.43. The van der Waals surface area contributed by atoms with E-state index in [-0.39, 0.29) is 5.91 Å². The first-order valence-electron chi connectivity index (χ1n) is 10.0. The van der Waals surface area contributed by atoms with Gasteiger partial charge in [-0.3, -0.25) is 9.69 Å². The summed E-state index contributed by atoms with van der Waals surface area (Å²) in [6, 6.07) is 3.80. The van der Waals surface area contributed by atoms with E-state index < -0.39 is 0 Å². The summed E-state index contributed by atoms with van der Waals surface area (Å²) in [7, 11) is 0. The first-order valence-corrected chi connectivity index (χ1v) is 11.0. The van der Waals surface area contributed by atoms with E-state index in [1.165, 1.54) is 11.8 Å². The Bertz CT molecular complexity index is 812. The molecule has 1 aliphatic heterocycles. The smallest absolute Gasteiger partial charge is 0.233 e. The van der Waals surface area contributed by atoms with Gasteiger partial charge in [-0.1, -0.05) is 30.8 Å². The Morgan fingerprint density at radius 1 is 1.29 bits per heavy atom. The van der Waals surface area contributed by atoms with Crippen molar-refractivity contribution >= 4 is 17.7 Å². The van der Waals surface area contributed by atoms with Crippen LogP contribution in [0.25, 0.3) is 11.4 Å². The average molecular weight is 402 g/mol. The first kappa shape index (κ1) is 19.4. The van der Waals surface area contributed by atoms with E-state index >= 15 is 0 Å². The maximum Gasteiger partial charge on any atom is 0.233 e. The molecule has 1 saturated heterocycles. The van der Waals surface area contributed by atoms with E-state index in [4.69, 9.17) is 4.52 Å². The molecule has 0 N–H and O–H groups in total. The fourth-order valence-electron chi connectivity index (χ4n) is 3.43. The highest BCUT2D eigenvalue weighted by Crippen LogP contribution is 2.40. The molecule has 0 unspecified atom stereocenters. The van der Waals surface area contributed by atoms with Crippen molar-refractivity contribution in [2.45, 2.75) is 37.6 Å². The van der Waals surface area contributed by atoms with E-state index in [1.807, 2.05) is 17.0 Å². The summed E-state index contributed by atoms with van der Waals surface area (Å²) in [5.41, 5.74) is 0.831. The van der Waals surface area contributed by atoms with E-state index in [1.54, 1.807) is 6.20 Å². The van der Waals surface area contributed by atoms with Crippen LogP contribution >= 0.6 is 11.8 Å². The van der Waals surface area contributed by atoms with Crippen molar-refractivity contribution in [3.63, 3.8) is 0 Å². The molecule has 2 aromatic heterocycles. The zero-order valence-corrected chi connectivity index (χ0v) is 17.3. The molecule has 0 aromatic carbocycles. The van der Waals surface area contributed by atoms with Gasteiger partial charge in [0.05, 0.1) is 11.3 Å². The summed E-state index contributed by atoms with van der Waals surface area (Å²) < 4.78 is 5.38. The van der Waals surface area contributed by atoms with Gasteiger partial charge >= 0.3 is 0 Å². The zero-order chi connectivity index (χ0) is 19.5. The number of nitrogens with zero attached hydrogens (tertiary/aromatic N) is 5. The largest absolute Gasteiger partial charge is 0.339 e. The highest BCUT2D eigenvalue weighted by atomic mass is 32.2. The second-order valence-electron chi connectivity index (χ2n) is 7.95. The van der Waals surface area contributed by atoms with Crippen LogP contribution in [0.3, 0.4) is 0 Å². The minimum Gasteiger partial charge on any atom is -0.339 e. The number of carbonyl (C=O) groups excluding carboxylic acids is 1. The molecule has 0 radical (unpaired) electrons. The quantitative estimate of drug-likeness (QED) is 0.660. The SMILES string of the molecule is CC(C)CN1CCN(C(=O)CSc2ncccc2-c2noc(C3CC3)n2)CC1. The molecule has 1 aliphatic carbocycles. The maximum absolute atomic E-state index is 12.7. The summed E-state index contributed by atoms with van der Waals surface area (Å²) >= 11 is 1.45. The molecule has 28 heavy (non-hydrogen) atoms. The number of carbonyl (C=O) groups is 1. The van der Waals surface area contributed by atoms with Crippen LogP contribution in [0.1, 0.15) is 38.5 Å². The molecule has 0 spiro atoms. The first-order chi connectivity index (χ1) is 13.6. The minimum absolute atomic E-state index is 0.164.